The predicted octanol–water partition coefficient (Wildman–Crippen LogP) is 3.51. The molecule has 0 amide bonds. The molecule has 35 heavy (non-hydrogen) atoms. The maximum atomic E-state index is 13.0. The molecule has 192 valence electrons. The largest absolute Gasteiger partial charge is 0.481 e. The first-order chi connectivity index (χ1) is 16.4. The van der Waals surface area contributed by atoms with Crippen LogP contribution < -0.4 is 5.32 Å². The number of aliphatic hydroxyl groups excluding tert-OH is 1. The van der Waals surface area contributed by atoms with Gasteiger partial charge in [0.2, 0.25) is 10.0 Å². The van der Waals surface area contributed by atoms with Crippen molar-refractivity contribution in [1.82, 2.24) is 9.62 Å². The topological polar surface area (TPSA) is 107 Å². The molecular weight excluding hydrogens is 488 g/mol. The zero-order valence-corrected chi connectivity index (χ0v) is 22.1. The minimum absolute atomic E-state index is 0.0334. The van der Waals surface area contributed by atoms with Crippen LogP contribution in [0, 0.1) is 5.92 Å². The summed E-state index contributed by atoms with van der Waals surface area (Å²) in [4.78, 5) is 10.7. The summed E-state index contributed by atoms with van der Waals surface area (Å²) in [5.74, 6) is -0.396. The van der Waals surface area contributed by atoms with E-state index < -0.39 is 22.1 Å². The summed E-state index contributed by atoms with van der Waals surface area (Å²) in [5.41, 5.74) is 3.26. The number of nitrogens with zero attached hydrogens (tertiary/aromatic N) is 1. The molecule has 0 aliphatic heterocycles. The molecule has 0 heterocycles. The van der Waals surface area contributed by atoms with Gasteiger partial charge < -0.3 is 15.5 Å². The van der Waals surface area contributed by atoms with Crippen molar-refractivity contribution in [3.8, 4) is 0 Å². The number of hydrogen-bond donors (Lipinski definition) is 3. The predicted molar refractivity (Wildman–Crippen MR) is 137 cm³/mol. The first-order valence-corrected chi connectivity index (χ1v) is 13.7. The Morgan fingerprint density at radius 3 is 2.40 bits per heavy atom. The highest BCUT2D eigenvalue weighted by Gasteiger charge is 2.30. The van der Waals surface area contributed by atoms with Crippen LogP contribution in [0.2, 0.25) is 5.02 Å². The molecule has 3 rings (SSSR count). The highest BCUT2D eigenvalue weighted by Crippen LogP contribution is 2.32. The fourth-order valence-electron chi connectivity index (χ4n) is 4.77. The van der Waals surface area contributed by atoms with Gasteiger partial charge in [-0.1, -0.05) is 41.9 Å². The molecule has 1 aliphatic carbocycles. The van der Waals surface area contributed by atoms with Gasteiger partial charge in [0.05, 0.1) is 11.1 Å². The highest BCUT2D eigenvalue weighted by atomic mass is 35.5. The second kappa shape index (κ2) is 11.4. The van der Waals surface area contributed by atoms with E-state index in [-0.39, 0.29) is 41.4 Å². The minimum atomic E-state index is -3.92. The lowest BCUT2D eigenvalue weighted by Crippen LogP contribution is -2.47. The van der Waals surface area contributed by atoms with E-state index in [0.29, 0.717) is 11.5 Å². The van der Waals surface area contributed by atoms with Crippen LogP contribution in [0.5, 0.6) is 0 Å². The molecule has 7 nitrogen and oxygen atoms in total. The van der Waals surface area contributed by atoms with Crippen LogP contribution in [0.15, 0.2) is 47.4 Å². The number of β-amino-alcohol motifs (C(OH)–C–C–N with tert-alkyl or cyclic N) is 1. The standard InChI is InChI=1S/C26H35ClN2O5S/c1-26(2,15-19-12-20-6-4-5-7-21(20)13-19)28-16-22(30)17-29(3)35(33,34)24-10-8-18(14-23(24)27)9-11-25(31)32/h4-8,10,14,19,22,28,30H,9,11-13,15-17H2,1-3H3,(H,31,32). The van der Waals surface area contributed by atoms with Crippen LogP contribution in [0.1, 0.15) is 43.4 Å². The lowest BCUT2D eigenvalue weighted by Gasteiger charge is -2.31. The van der Waals surface area contributed by atoms with Gasteiger partial charge in [0, 0.05) is 32.1 Å². The van der Waals surface area contributed by atoms with Gasteiger partial charge in [0.15, 0.2) is 0 Å². The lowest BCUT2D eigenvalue weighted by molar-refractivity contribution is -0.136. The van der Waals surface area contributed by atoms with Crippen molar-refractivity contribution in [2.45, 2.75) is 62.5 Å². The van der Waals surface area contributed by atoms with Gasteiger partial charge in [0.25, 0.3) is 0 Å². The number of likely N-dealkylation sites (N-methyl/N-ethyl adjacent to an activating group) is 1. The third-order valence-electron chi connectivity index (χ3n) is 6.53. The molecule has 0 spiro atoms. The molecule has 9 heteroatoms. The third-order valence-corrected chi connectivity index (χ3v) is 8.84. The number of aliphatic hydroxyl groups is 1. The summed E-state index contributed by atoms with van der Waals surface area (Å²) in [5, 5.41) is 22.8. The summed E-state index contributed by atoms with van der Waals surface area (Å²) >= 11 is 6.22. The monoisotopic (exact) mass is 522 g/mol. The van der Waals surface area contributed by atoms with Crippen molar-refractivity contribution in [3.05, 3.63) is 64.2 Å². The number of carboxylic acid groups (broad SMARTS) is 1. The Hall–Kier alpha value is -1.97. The Morgan fingerprint density at radius 2 is 1.83 bits per heavy atom. The van der Waals surface area contributed by atoms with Crippen LogP contribution in [0.4, 0.5) is 0 Å². The zero-order valence-electron chi connectivity index (χ0n) is 20.5. The van der Waals surface area contributed by atoms with Crippen LogP contribution >= 0.6 is 11.6 Å². The number of aliphatic carboxylic acids is 1. The number of fused-ring (bicyclic) bond motifs is 1. The Labute approximate surface area is 213 Å². The van der Waals surface area contributed by atoms with E-state index in [4.69, 9.17) is 16.7 Å². The van der Waals surface area contributed by atoms with Gasteiger partial charge in [-0.3, -0.25) is 4.79 Å². The molecular formula is C26H35ClN2O5S. The van der Waals surface area contributed by atoms with Gasteiger partial charge in [-0.15, -0.1) is 0 Å². The van der Waals surface area contributed by atoms with E-state index >= 15 is 0 Å². The molecule has 0 saturated heterocycles. The summed E-state index contributed by atoms with van der Waals surface area (Å²) in [7, 11) is -2.51. The number of benzene rings is 2. The normalized spacial score (nSPS) is 15.4. The van der Waals surface area contributed by atoms with Crippen molar-refractivity contribution in [2.24, 2.45) is 5.92 Å². The SMILES string of the molecule is CN(CC(O)CNC(C)(C)CC1Cc2ccccc2C1)S(=O)(=O)c1ccc(CCC(=O)O)cc1Cl. The molecule has 0 bridgehead atoms. The van der Waals surface area contributed by atoms with Crippen LogP contribution in [-0.2, 0) is 34.1 Å². The van der Waals surface area contributed by atoms with E-state index in [0.717, 1.165) is 23.6 Å². The zero-order chi connectivity index (χ0) is 25.8. The number of sulfonamides is 1. The maximum Gasteiger partial charge on any atom is 0.303 e. The molecule has 0 aromatic heterocycles. The molecule has 1 aliphatic rings. The fraction of sp³-hybridized carbons (Fsp3) is 0.500. The highest BCUT2D eigenvalue weighted by molar-refractivity contribution is 7.89. The number of hydrogen-bond acceptors (Lipinski definition) is 5. The smallest absolute Gasteiger partial charge is 0.303 e. The van der Waals surface area contributed by atoms with E-state index in [1.54, 1.807) is 6.07 Å². The van der Waals surface area contributed by atoms with Gasteiger partial charge in [0.1, 0.15) is 4.90 Å². The molecule has 3 N–H and O–H groups in total. The molecule has 2 aromatic carbocycles. The van der Waals surface area contributed by atoms with Gasteiger partial charge in [-0.2, -0.15) is 4.31 Å². The van der Waals surface area contributed by atoms with E-state index in [9.17, 15) is 18.3 Å². The average molecular weight is 523 g/mol. The molecule has 0 fully saturated rings. The lowest BCUT2D eigenvalue weighted by atomic mass is 9.88. The van der Waals surface area contributed by atoms with Crippen molar-refractivity contribution in [2.75, 3.05) is 20.1 Å². The summed E-state index contributed by atoms with van der Waals surface area (Å²) in [6.45, 7) is 4.38. The van der Waals surface area contributed by atoms with Crippen molar-refractivity contribution in [3.63, 3.8) is 0 Å². The second-order valence-corrected chi connectivity index (χ2v) is 12.5. The quantitative estimate of drug-likeness (QED) is 0.394. The first kappa shape index (κ1) is 27.6. The summed E-state index contributed by atoms with van der Waals surface area (Å²) in [6.07, 6.45) is 2.36. The van der Waals surface area contributed by atoms with Gasteiger partial charge in [-0.25, -0.2) is 8.42 Å². The maximum absolute atomic E-state index is 13.0. The minimum Gasteiger partial charge on any atom is -0.481 e. The van der Waals surface area contributed by atoms with Crippen molar-refractivity contribution >= 4 is 27.6 Å². The van der Waals surface area contributed by atoms with Gasteiger partial charge >= 0.3 is 5.97 Å². The molecule has 1 atom stereocenters. The van der Waals surface area contributed by atoms with Crippen LogP contribution in [0.3, 0.4) is 0 Å². The summed E-state index contributed by atoms with van der Waals surface area (Å²) in [6, 6.07) is 13.0. The Bertz CT molecular complexity index is 1130. The molecule has 1 unspecified atom stereocenters. The van der Waals surface area contributed by atoms with E-state index in [2.05, 4.69) is 43.4 Å². The number of rotatable bonds is 12. The first-order valence-electron chi connectivity index (χ1n) is 11.8. The van der Waals surface area contributed by atoms with Crippen LogP contribution in [0.25, 0.3) is 0 Å². The second-order valence-electron chi connectivity index (χ2n) is 10.1. The summed E-state index contributed by atoms with van der Waals surface area (Å²) < 4.78 is 27.1. The average Bonchev–Trinajstić information content (AvgIpc) is 3.17. The number of halogens is 1. The number of carboxylic acids is 1. The van der Waals surface area contributed by atoms with Gasteiger partial charge in [-0.05, 0) is 74.3 Å². The van der Waals surface area contributed by atoms with E-state index in [1.165, 1.54) is 30.3 Å². The molecule has 0 radical (unpaired) electrons. The van der Waals surface area contributed by atoms with Crippen LogP contribution in [-0.4, -0.2) is 60.7 Å². The van der Waals surface area contributed by atoms with Crippen molar-refractivity contribution in [1.29, 1.82) is 0 Å². The number of carbonyl (C=O) groups is 1. The third kappa shape index (κ3) is 7.51. The van der Waals surface area contributed by atoms with Crippen molar-refractivity contribution < 1.29 is 23.4 Å². The Morgan fingerprint density at radius 1 is 1.20 bits per heavy atom. The molecule has 0 saturated carbocycles. The van der Waals surface area contributed by atoms with E-state index in [1.807, 2.05) is 0 Å². The Balaban J connectivity index is 1.52. The number of aryl methyl sites for hydroxylation is 1. The molecule has 2 aromatic rings. The fourth-order valence-corrected chi connectivity index (χ4v) is 6.52. The number of nitrogens with one attached hydrogen (secondary N) is 1. The Kier molecular flexibility index (Phi) is 8.99.